The third kappa shape index (κ3) is 3.49. The Morgan fingerprint density at radius 3 is 2.85 bits per heavy atom. The summed E-state index contributed by atoms with van der Waals surface area (Å²) in [6.07, 6.45) is 5.12. The normalized spacial score (nSPS) is 11.2. The van der Waals surface area contributed by atoms with Crippen LogP contribution in [0.1, 0.15) is 37.4 Å². The zero-order chi connectivity index (χ0) is 14.5. The van der Waals surface area contributed by atoms with Crippen LogP contribution in [0.4, 0.5) is 0 Å². The van der Waals surface area contributed by atoms with E-state index < -0.39 is 0 Å². The lowest BCUT2D eigenvalue weighted by atomic mass is 10.3. The molecule has 0 saturated carbocycles. The lowest BCUT2D eigenvalue weighted by Crippen LogP contribution is -2.14. The minimum absolute atomic E-state index is 0.788. The number of hydrogen-bond donors (Lipinski definition) is 1. The molecule has 0 bridgehead atoms. The molecule has 5 nitrogen and oxygen atoms in total. The first-order valence-corrected chi connectivity index (χ1v) is 7.88. The van der Waals surface area contributed by atoms with Crippen molar-refractivity contribution in [3.05, 3.63) is 34.1 Å². The number of nitrogens with zero attached hydrogens (tertiary/aromatic N) is 4. The minimum atomic E-state index is 0.788. The molecule has 0 atom stereocenters. The summed E-state index contributed by atoms with van der Waals surface area (Å²) in [6, 6.07) is 0. The predicted molar refractivity (Wildman–Crippen MR) is 83.7 cm³/mol. The highest BCUT2D eigenvalue weighted by Gasteiger charge is 2.12. The maximum atomic E-state index is 4.52. The van der Waals surface area contributed by atoms with Crippen LogP contribution in [0, 0.1) is 6.92 Å². The number of imidazole rings is 1. The van der Waals surface area contributed by atoms with Gasteiger partial charge in [-0.25, -0.2) is 4.98 Å². The lowest BCUT2D eigenvalue weighted by Gasteiger charge is -2.06. The highest BCUT2D eigenvalue weighted by molar-refractivity contribution is 9.10. The SMILES string of the molecule is CCCNCc1cn(Cc2c(Br)c(C)nn2CC)cn1. The summed E-state index contributed by atoms with van der Waals surface area (Å²) < 4.78 is 5.24. The Kier molecular flexibility index (Phi) is 5.37. The Balaban J connectivity index is 2.07. The largest absolute Gasteiger partial charge is 0.331 e. The molecule has 2 aromatic heterocycles. The van der Waals surface area contributed by atoms with Gasteiger partial charge in [0.05, 0.1) is 34.4 Å². The fourth-order valence-electron chi connectivity index (χ4n) is 2.17. The molecule has 0 aromatic carbocycles. The summed E-state index contributed by atoms with van der Waals surface area (Å²) >= 11 is 3.63. The van der Waals surface area contributed by atoms with Gasteiger partial charge in [-0.2, -0.15) is 5.10 Å². The van der Waals surface area contributed by atoms with Crippen molar-refractivity contribution in [3.8, 4) is 0 Å². The van der Waals surface area contributed by atoms with Crippen LogP contribution in [-0.2, 0) is 19.6 Å². The number of nitrogens with one attached hydrogen (secondary N) is 1. The average molecular weight is 340 g/mol. The van der Waals surface area contributed by atoms with Crippen LogP contribution in [0.5, 0.6) is 0 Å². The van der Waals surface area contributed by atoms with Gasteiger partial charge in [0.15, 0.2) is 0 Å². The summed E-state index contributed by atoms with van der Waals surface area (Å²) in [6.45, 7) is 9.81. The van der Waals surface area contributed by atoms with Crippen molar-refractivity contribution in [1.29, 1.82) is 0 Å². The van der Waals surface area contributed by atoms with Crippen molar-refractivity contribution in [2.45, 2.75) is 46.8 Å². The van der Waals surface area contributed by atoms with Crippen LogP contribution in [0.3, 0.4) is 0 Å². The van der Waals surface area contributed by atoms with Crippen LogP contribution in [-0.4, -0.2) is 25.9 Å². The molecule has 20 heavy (non-hydrogen) atoms. The van der Waals surface area contributed by atoms with Crippen molar-refractivity contribution in [2.24, 2.45) is 0 Å². The summed E-state index contributed by atoms with van der Waals surface area (Å²) in [7, 11) is 0. The van der Waals surface area contributed by atoms with Crippen LogP contribution in [0.2, 0.25) is 0 Å². The Hall–Kier alpha value is -1.14. The standard InChI is InChI=1S/C14H22BrN5/c1-4-6-16-7-12-8-19(10-17-12)9-13-14(15)11(3)18-20(13)5-2/h8,10,16H,4-7,9H2,1-3H3. The van der Waals surface area contributed by atoms with E-state index in [2.05, 4.69) is 55.9 Å². The van der Waals surface area contributed by atoms with E-state index in [1.54, 1.807) is 0 Å². The van der Waals surface area contributed by atoms with Gasteiger partial charge in [0.2, 0.25) is 0 Å². The highest BCUT2D eigenvalue weighted by atomic mass is 79.9. The second-order valence-electron chi connectivity index (χ2n) is 4.88. The van der Waals surface area contributed by atoms with Gasteiger partial charge < -0.3 is 9.88 Å². The second-order valence-corrected chi connectivity index (χ2v) is 5.67. The predicted octanol–water partition coefficient (Wildman–Crippen LogP) is 2.72. The van der Waals surface area contributed by atoms with Crippen LogP contribution < -0.4 is 5.32 Å². The topological polar surface area (TPSA) is 47.7 Å². The molecule has 6 heteroatoms. The third-order valence-corrected chi connectivity index (χ3v) is 4.24. The molecule has 110 valence electrons. The number of aromatic nitrogens is 4. The van der Waals surface area contributed by atoms with Crippen LogP contribution in [0.25, 0.3) is 0 Å². The molecular formula is C14H22BrN5. The lowest BCUT2D eigenvalue weighted by molar-refractivity contribution is 0.595. The molecule has 0 aliphatic carbocycles. The van der Waals surface area contributed by atoms with Crippen molar-refractivity contribution in [1.82, 2.24) is 24.6 Å². The van der Waals surface area contributed by atoms with Gasteiger partial charge in [-0.05, 0) is 42.7 Å². The van der Waals surface area contributed by atoms with E-state index >= 15 is 0 Å². The molecule has 2 heterocycles. The van der Waals surface area contributed by atoms with E-state index in [0.29, 0.717) is 0 Å². The molecule has 0 radical (unpaired) electrons. The number of rotatable bonds is 7. The van der Waals surface area contributed by atoms with E-state index in [4.69, 9.17) is 0 Å². The maximum absolute atomic E-state index is 4.52. The molecule has 0 amide bonds. The zero-order valence-corrected chi connectivity index (χ0v) is 13.9. The first-order chi connectivity index (χ1) is 9.65. The van der Waals surface area contributed by atoms with Crippen molar-refractivity contribution in [3.63, 3.8) is 0 Å². The first-order valence-electron chi connectivity index (χ1n) is 7.08. The molecule has 0 unspecified atom stereocenters. The molecular weight excluding hydrogens is 318 g/mol. The zero-order valence-electron chi connectivity index (χ0n) is 12.4. The molecule has 0 fully saturated rings. The van der Waals surface area contributed by atoms with Crippen molar-refractivity contribution >= 4 is 15.9 Å². The Morgan fingerprint density at radius 1 is 1.35 bits per heavy atom. The van der Waals surface area contributed by atoms with E-state index in [0.717, 1.165) is 48.5 Å². The molecule has 0 spiro atoms. The van der Waals surface area contributed by atoms with Crippen LogP contribution in [0.15, 0.2) is 17.0 Å². The highest BCUT2D eigenvalue weighted by Crippen LogP contribution is 2.22. The third-order valence-electron chi connectivity index (χ3n) is 3.20. The molecule has 0 saturated heterocycles. The molecule has 0 aliphatic heterocycles. The summed E-state index contributed by atoms with van der Waals surface area (Å²) in [5, 5.41) is 7.88. The van der Waals surface area contributed by atoms with Gasteiger partial charge in [0, 0.05) is 19.3 Å². The maximum Gasteiger partial charge on any atom is 0.0953 e. The molecule has 2 rings (SSSR count). The van der Waals surface area contributed by atoms with Gasteiger partial charge >= 0.3 is 0 Å². The second kappa shape index (κ2) is 7.04. The van der Waals surface area contributed by atoms with Gasteiger partial charge in [-0.15, -0.1) is 0 Å². The molecule has 2 aromatic rings. The smallest absolute Gasteiger partial charge is 0.0953 e. The summed E-state index contributed by atoms with van der Waals surface area (Å²) in [5.74, 6) is 0. The van der Waals surface area contributed by atoms with Crippen molar-refractivity contribution < 1.29 is 0 Å². The molecule has 0 aliphatic rings. The average Bonchev–Trinajstić information content (AvgIpc) is 2.99. The summed E-state index contributed by atoms with van der Waals surface area (Å²) in [4.78, 5) is 4.43. The monoisotopic (exact) mass is 339 g/mol. The van der Waals surface area contributed by atoms with Gasteiger partial charge in [0.1, 0.15) is 0 Å². The Morgan fingerprint density at radius 2 is 2.15 bits per heavy atom. The number of hydrogen-bond acceptors (Lipinski definition) is 3. The van der Waals surface area contributed by atoms with E-state index in [9.17, 15) is 0 Å². The Bertz CT molecular complexity index is 558. The Labute approximate surface area is 128 Å². The quantitative estimate of drug-likeness (QED) is 0.789. The van der Waals surface area contributed by atoms with Gasteiger partial charge in [-0.3, -0.25) is 4.68 Å². The molecule has 1 N–H and O–H groups in total. The van der Waals surface area contributed by atoms with E-state index in [-0.39, 0.29) is 0 Å². The minimum Gasteiger partial charge on any atom is -0.331 e. The summed E-state index contributed by atoms with van der Waals surface area (Å²) in [5.41, 5.74) is 3.30. The van der Waals surface area contributed by atoms with Gasteiger partial charge in [-0.1, -0.05) is 6.92 Å². The van der Waals surface area contributed by atoms with E-state index in [1.807, 2.05) is 17.9 Å². The fraction of sp³-hybridized carbons (Fsp3) is 0.571. The van der Waals surface area contributed by atoms with Gasteiger partial charge in [0.25, 0.3) is 0 Å². The fourth-order valence-corrected chi connectivity index (χ4v) is 2.58. The van der Waals surface area contributed by atoms with E-state index in [1.165, 1.54) is 5.69 Å². The van der Waals surface area contributed by atoms with Crippen molar-refractivity contribution in [2.75, 3.05) is 6.54 Å². The first kappa shape index (κ1) is 15.3. The number of halogens is 1. The number of aryl methyl sites for hydroxylation is 2. The van der Waals surface area contributed by atoms with Crippen LogP contribution >= 0.6 is 15.9 Å².